The molecule has 1 amide bonds. The van der Waals surface area contributed by atoms with E-state index in [9.17, 15) is 4.79 Å². The zero-order chi connectivity index (χ0) is 22.9. The van der Waals surface area contributed by atoms with Crippen molar-refractivity contribution >= 4 is 28.4 Å². The van der Waals surface area contributed by atoms with Gasteiger partial charge in [0.25, 0.3) is 5.91 Å². The number of para-hydroxylation sites is 2. The van der Waals surface area contributed by atoms with Crippen LogP contribution in [0.5, 0.6) is 0 Å². The van der Waals surface area contributed by atoms with Gasteiger partial charge in [-0.15, -0.1) is 0 Å². The molecule has 1 N–H and O–H groups in total. The Hall–Kier alpha value is -3.67. The van der Waals surface area contributed by atoms with Gasteiger partial charge in [-0.25, -0.2) is 9.97 Å². The van der Waals surface area contributed by atoms with Crippen LogP contribution in [0.2, 0.25) is 0 Å². The topological polar surface area (TPSA) is 63.1 Å². The molecule has 1 aliphatic heterocycles. The summed E-state index contributed by atoms with van der Waals surface area (Å²) in [6.07, 6.45) is 3.10. The number of hydrogen-bond donors (Lipinski definition) is 1. The van der Waals surface area contributed by atoms with Gasteiger partial charge in [0.05, 0.1) is 5.39 Å². The number of rotatable bonds is 5. The Balaban J connectivity index is 1.69. The molecule has 1 aliphatic rings. The number of fused-ring (bicyclic) bond motifs is 1. The van der Waals surface area contributed by atoms with Gasteiger partial charge in [0.2, 0.25) is 5.82 Å². The Morgan fingerprint density at radius 3 is 2.39 bits per heavy atom. The minimum atomic E-state index is -0.283. The monoisotopic (exact) mass is 439 g/mol. The summed E-state index contributed by atoms with van der Waals surface area (Å²) < 4.78 is 2.14. The van der Waals surface area contributed by atoms with E-state index < -0.39 is 0 Å². The lowest BCUT2D eigenvalue weighted by Crippen LogP contribution is -2.23. The van der Waals surface area contributed by atoms with Crippen LogP contribution in [-0.4, -0.2) is 33.5 Å². The molecule has 1 saturated heterocycles. The normalized spacial score (nSPS) is 13.6. The summed E-state index contributed by atoms with van der Waals surface area (Å²) >= 11 is 0. The fourth-order valence-electron chi connectivity index (χ4n) is 4.72. The molecule has 6 heteroatoms. The zero-order valence-electron chi connectivity index (χ0n) is 19.4. The second-order valence-electron chi connectivity index (χ2n) is 8.61. The van der Waals surface area contributed by atoms with E-state index in [1.807, 2.05) is 42.5 Å². The van der Waals surface area contributed by atoms with Crippen LogP contribution in [0.1, 0.15) is 47.2 Å². The minimum absolute atomic E-state index is 0.199. The maximum absolute atomic E-state index is 13.4. The molecule has 1 fully saturated rings. The van der Waals surface area contributed by atoms with E-state index >= 15 is 0 Å². The molecule has 5 rings (SSSR count). The lowest BCUT2D eigenvalue weighted by atomic mass is 10.1. The van der Waals surface area contributed by atoms with Crippen LogP contribution < -0.4 is 10.2 Å². The van der Waals surface area contributed by atoms with E-state index in [1.165, 1.54) is 0 Å². The molecule has 4 aromatic rings. The highest BCUT2D eigenvalue weighted by Gasteiger charge is 2.26. The summed E-state index contributed by atoms with van der Waals surface area (Å²) in [6.45, 7) is 8.20. The smallest absolute Gasteiger partial charge is 0.293 e. The highest BCUT2D eigenvalue weighted by molar-refractivity contribution is 6.04. The molecule has 0 radical (unpaired) electrons. The molecule has 2 aromatic heterocycles. The molecule has 0 atom stereocenters. The fourth-order valence-corrected chi connectivity index (χ4v) is 4.72. The highest BCUT2D eigenvalue weighted by atomic mass is 16.2. The summed E-state index contributed by atoms with van der Waals surface area (Å²) in [6, 6.07) is 18.1. The Bertz CT molecular complexity index is 1320. The van der Waals surface area contributed by atoms with Gasteiger partial charge < -0.3 is 10.2 Å². The van der Waals surface area contributed by atoms with Gasteiger partial charge in [-0.3, -0.25) is 9.36 Å². The van der Waals surface area contributed by atoms with E-state index in [1.54, 1.807) is 0 Å². The number of carbonyl (C=O) groups is 1. The number of anilines is 2. The third kappa shape index (κ3) is 3.75. The van der Waals surface area contributed by atoms with E-state index in [4.69, 9.17) is 9.97 Å². The maximum Gasteiger partial charge on any atom is 0.293 e. The van der Waals surface area contributed by atoms with Gasteiger partial charge in [0, 0.05) is 30.2 Å². The first-order valence-corrected chi connectivity index (χ1v) is 11.7. The van der Waals surface area contributed by atoms with Crippen molar-refractivity contribution in [2.24, 2.45) is 0 Å². The number of carbonyl (C=O) groups excluding carboxylic acids is 1. The van der Waals surface area contributed by atoms with Gasteiger partial charge in [-0.2, -0.15) is 0 Å². The van der Waals surface area contributed by atoms with Crippen LogP contribution in [0.4, 0.5) is 11.5 Å². The average Bonchev–Trinajstić information content (AvgIpc) is 3.47. The Kier molecular flexibility index (Phi) is 5.58. The summed E-state index contributed by atoms with van der Waals surface area (Å²) in [5.41, 5.74) is 5.97. The Labute approximate surface area is 194 Å². The Morgan fingerprint density at radius 1 is 0.970 bits per heavy atom. The van der Waals surface area contributed by atoms with Gasteiger partial charge in [-0.1, -0.05) is 43.3 Å². The first kappa shape index (κ1) is 21.2. The molecule has 0 spiro atoms. The first-order valence-electron chi connectivity index (χ1n) is 11.7. The summed E-state index contributed by atoms with van der Waals surface area (Å²) in [7, 11) is 0. The van der Waals surface area contributed by atoms with E-state index in [0.717, 1.165) is 77.4 Å². The van der Waals surface area contributed by atoms with Gasteiger partial charge in [0.15, 0.2) is 5.65 Å². The molecular formula is C27H29N5O. The predicted molar refractivity (Wildman–Crippen MR) is 134 cm³/mol. The van der Waals surface area contributed by atoms with Crippen LogP contribution in [-0.2, 0) is 6.42 Å². The second-order valence-corrected chi connectivity index (χ2v) is 8.61. The number of aryl methyl sites for hydroxylation is 2. The van der Waals surface area contributed by atoms with E-state index in [0.29, 0.717) is 0 Å². The number of hydrogen-bond acceptors (Lipinski definition) is 4. The average molecular weight is 440 g/mol. The summed E-state index contributed by atoms with van der Waals surface area (Å²) in [4.78, 5) is 25.3. The van der Waals surface area contributed by atoms with Crippen molar-refractivity contribution in [3.63, 3.8) is 0 Å². The number of benzene rings is 2. The lowest BCUT2D eigenvalue weighted by molar-refractivity contribution is 0.101. The highest BCUT2D eigenvalue weighted by Crippen LogP contribution is 2.35. The molecule has 168 valence electrons. The quantitative estimate of drug-likeness (QED) is 0.449. The third-order valence-corrected chi connectivity index (χ3v) is 6.61. The van der Waals surface area contributed by atoms with Crippen LogP contribution >= 0.6 is 0 Å². The molecule has 0 bridgehead atoms. The van der Waals surface area contributed by atoms with Crippen LogP contribution in [0.3, 0.4) is 0 Å². The minimum Gasteiger partial charge on any atom is -0.356 e. The number of nitrogens with zero attached hydrogens (tertiary/aromatic N) is 4. The fraction of sp³-hybridized carbons (Fsp3) is 0.296. The maximum atomic E-state index is 13.4. The van der Waals surface area contributed by atoms with Crippen molar-refractivity contribution < 1.29 is 4.79 Å². The third-order valence-electron chi connectivity index (χ3n) is 6.61. The lowest BCUT2D eigenvalue weighted by Gasteiger charge is -2.19. The van der Waals surface area contributed by atoms with Crippen molar-refractivity contribution in [2.75, 3.05) is 23.3 Å². The second kappa shape index (κ2) is 8.70. The van der Waals surface area contributed by atoms with Gasteiger partial charge in [-0.05, 0) is 62.4 Å². The Morgan fingerprint density at radius 2 is 1.67 bits per heavy atom. The number of amides is 1. The van der Waals surface area contributed by atoms with Crippen LogP contribution in [0.15, 0.2) is 54.6 Å². The van der Waals surface area contributed by atoms with Crippen LogP contribution in [0, 0.1) is 13.8 Å². The van der Waals surface area contributed by atoms with Gasteiger partial charge in [0.1, 0.15) is 5.82 Å². The molecule has 0 unspecified atom stereocenters. The largest absolute Gasteiger partial charge is 0.356 e. The van der Waals surface area contributed by atoms with E-state index in [2.05, 4.69) is 47.7 Å². The van der Waals surface area contributed by atoms with Crippen molar-refractivity contribution in [3.05, 3.63) is 77.2 Å². The van der Waals surface area contributed by atoms with Gasteiger partial charge >= 0.3 is 0 Å². The van der Waals surface area contributed by atoms with Crippen LogP contribution in [0.25, 0.3) is 16.7 Å². The zero-order valence-corrected chi connectivity index (χ0v) is 19.4. The number of aromatic nitrogens is 3. The van der Waals surface area contributed by atoms with Crippen molar-refractivity contribution in [2.45, 2.75) is 40.0 Å². The molecule has 6 nitrogen and oxygen atoms in total. The molecule has 0 saturated carbocycles. The van der Waals surface area contributed by atoms with Crippen molar-refractivity contribution in [1.82, 2.24) is 14.5 Å². The first-order chi connectivity index (χ1) is 16.1. The van der Waals surface area contributed by atoms with Crippen molar-refractivity contribution in [3.8, 4) is 5.69 Å². The molecule has 3 heterocycles. The number of nitrogens with one attached hydrogen (secondary N) is 1. The van der Waals surface area contributed by atoms with Crippen molar-refractivity contribution in [1.29, 1.82) is 0 Å². The standard InChI is InChI=1S/C27H29N5O/c1-4-20-12-8-9-15-22(20)28-27(33)24-29-25(31-16-10-11-17-31)23-18(2)19(3)32(26(23)30-24)21-13-6-5-7-14-21/h5-9,12-15H,4,10-11,16-17H2,1-3H3,(H,28,33). The predicted octanol–water partition coefficient (Wildman–Crippen LogP) is 5.45. The molecule has 2 aromatic carbocycles. The molecule has 33 heavy (non-hydrogen) atoms. The molecule has 0 aliphatic carbocycles. The SMILES string of the molecule is CCc1ccccc1NC(=O)c1nc(N2CCCC2)c2c(C)c(C)n(-c3ccccc3)c2n1. The van der Waals surface area contributed by atoms with E-state index in [-0.39, 0.29) is 11.7 Å². The summed E-state index contributed by atoms with van der Waals surface area (Å²) in [5, 5.41) is 4.08. The molecular weight excluding hydrogens is 410 g/mol. The summed E-state index contributed by atoms with van der Waals surface area (Å²) in [5.74, 6) is 0.779.